The van der Waals surface area contributed by atoms with Crippen molar-refractivity contribution in [2.45, 2.75) is 26.9 Å². The van der Waals surface area contributed by atoms with Crippen LogP contribution in [0.2, 0.25) is 0 Å². The molecule has 5 aromatic rings. The molecule has 0 fully saturated rings. The topological polar surface area (TPSA) is 7.76 Å². The minimum absolute atomic E-state index is 0.821. The summed E-state index contributed by atoms with van der Waals surface area (Å²) in [5.41, 5.74) is 12.9. The number of aromatic nitrogens is 2. The number of rotatable bonds is 1. The van der Waals surface area contributed by atoms with E-state index in [4.69, 9.17) is 0 Å². The van der Waals surface area contributed by atoms with E-state index in [9.17, 15) is 0 Å². The molecule has 2 heteroatoms. The first-order chi connectivity index (χ1) is 16.7. The van der Waals surface area contributed by atoms with Gasteiger partial charge in [0.25, 0.3) is 0 Å². The van der Waals surface area contributed by atoms with Gasteiger partial charge in [0.2, 0.25) is 11.4 Å². The van der Waals surface area contributed by atoms with Crippen LogP contribution in [-0.2, 0) is 13.1 Å². The zero-order valence-electron chi connectivity index (χ0n) is 19.7. The Labute approximate surface area is 201 Å². The molecule has 0 N–H and O–H groups in total. The highest BCUT2D eigenvalue weighted by molar-refractivity contribution is 5.71. The molecule has 0 radical (unpaired) electrons. The maximum atomic E-state index is 2.41. The lowest BCUT2D eigenvalue weighted by atomic mass is 9.96. The van der Waals surface area contributed by atoms with Gasteiger partial charge >= 0.3 is 0 Å². The zero-order valence-corrected chi connectivity index (χ0v) is 19.7. The van der Waals surface area contributed by atoms with E-state index < -0.39 is 0 Å². The summed E-state index contributed by atoms with van der Waals surface area (Å²) in [6, 6.07) is 35.6. The van der Waals surface area contributed by atoms with Crippen molar-refractivity contribution < 1.29 is 9.13 Å². The minimum atomic E-state index is 0.821. The van der Waals surface area contributed by atoms with Crippen molar-refractivity contribution in [3.05, 3.63) is 132 Å². The van der Waals surface area contributed by atoms with Crippen molar-refractivity contribution in [3.63, 3.8) is 0 Å². The van der Waals surface area contributed by atoms with Crippen molar-refractivity contribution in [2.75, 3.05) is 0 Å². The van der Waals surface area contributed by atoms with Crippen molar-refractivity contribution in [1.29, 1.82) is 0 Å². The van der Waals surface area contributed by atoms with Crippen LogP contribution in [0.3, 0.4) is 0 Å². The minimum Gasteiger partial charge on any atom is -0.194 e. The molecular formula is C32H28N2+2. The van der Waals surface area contributed by atoms with Crippen LogP contribution in [0.5, 0.6) is 0 Å². The van der Waals surface area contributed by atoms with Crippen LogP contribution in [0.25, 0.3) is 33.6 Å². The molecular weight excluding hydrogens is 412 g/mol. The number of pyridine rings is 2. The van der Waals surface area contributed by atoms with Gasteiger partial charge in [-0.15, -0.1) is 0 Å². The molecule has 3 aromatic carbocycles. The normalized spacial score (nSPS) is 12.2. The van der Waals surface area contributed by atoms with Crippen molar-refractivity contribution >= 4 is 0 Å². The van der Waals surface area contributed by atoms with Crippen LogP contribution in [0.4, 0.5) is 0 Å². The number of fused-ring (bicyclic) bond motifs is 6. The Morgan fingerprint density at radius 2 is 1.09 bits per heavy atom. The smallest absolute Gasteiger partial charge is 0.194 e. The fraction of sp³-hybridized carbons (Fsp3) is 0.125. The number of aryl methyl sites for hydroxylation is 2. The highest BCUT2D eigenvalue weighted by Crippen LogP contribution is 2.30. The van der Waals surface area contributed by atoms with Gasteiger partial charge in [0.05, 0.1) is 11.1 Å². The van der Waals surface area contributed by atoms with Gasteiger partial charge in [0.1, 0.15) is 0 Å². The van der Waals surface area contributed by atoms with Gasteiger partial charge in [-0.25, -0.2) is 0 Å². The first-order valence-corrected chi connectivity index (χ1v) is 11.9. The lowest BCUT2D eigenvalue weighted by molar-refractivity contribution is -0.682. The zero-order chi connectivity index (χ0) is 23.1. The van der Waals surface area contributed by atoms with E-state index in [1.54, 1.807) is 0 Å². The second-order valence-corrected chi connectivity index (χ2v) is 9.33. The number of benzene rings is 3. The van der Waals surface area contributed by atoms with Crippen LogP contribution in [0.1, 0.15) is 22.3 Å². The summed E-state index contributed by atoms with van der Waals surface area (Å²) in [6.07, 6.45) is 4.46. The predicted molar refractivity (Wildman–Crippen MR) is 137 cm³/mol. The number of hydrogen-bond donors (Lipinski definition) is 0. The third-order valence-corrected chi connectivity index (χ3v) is 6.80. The largest absolute Gasteiger partial charge is 0.213 e. The van der Waals surface area contributed by atoms with Gasteiger partial charge in [0.15, 0.2) is 25.5 Å². The van der Waals surface area contributed by atoms with E-state index in [1.807, 2.05) is 0 Å². The van der Waals surface area contributed by atoms with E-state index >= 15 is 0 Å². The summed E-state index contributed by atoms with van der Waals surface area (Å²) in [5.74, 6) is 0. The monoisotopic (exact) mass is 440 g/mol. The average molecular weight is 441 g/mol. The summed E-state index contributed by atoms with van der Waals surface area (Å²) < 4.78 is 4.78. The summed E-state index contributed by atoms with van der Waals surface area (Å²) in [6.45, 7) is 6.00. The van der Waals surface area contributed by atoms with E-state index in [-0.39, 0.29) is 0 Å². The maximum absolute atomic E-state index is 2.41. The number of hydrogen-bond acceptors (Lipinski definition) is 0. The van der Waals surface area contributed by atoms with Gasteiger partial charge in [-0.2, -0.15) is 9.13 Å². The molecule has 0 spiro atoms. The Bertz CT molecular complexity index is 1510. The molecule has 164 valence electrons. The SMILES string of the molecule is Cc1cc(C)cc(-c2cc[n+]3c(c2)-c2ccccc2C[n+]2ccccc2-c2ccccc2C3)c1. The fourth-order valence-corrected chi connectivity index (χ4v) is 5.26. The average Bonchev–Trinajstić information content (AvgIpc) is 2.85. The van der Waals surface area contributed by atoms with Crippen LogP contribution < -0.4 is 9.13 Å². The lowest BCUT2D eigenvalue weighted by Crippen LogP contribution is -2.41. The number of nitrogens with zero attached hydrogens (tertiary/aromatic N) is 2. The second kappa shape index (κ2) is 8.39. The molecule has 0 atom stereocenters. The maximum Gasteiger partial charge on any atom is 0.213 e. The van der Waals surface area contributed by atoms with Gasteiger partial charge < -0.3 is 0 Å². The fourth-order valence-electron chi connectivity index (χ4n) is 5.26. The highest BCUT2D eigenvalue weighted by Gasteiger charge is 2.25. The van der Waals surface area contributed by atoms with Crippen LogP contribution >= 0.6 is 0 Å². The molecule has 1 aliphatic rings. The van der Waals surface area contributed by atoms with Crippen LogP contribution in [-0.4, -0.2) is 0 Å². The highest BCUT2D eigenvalue weighted by atomic mass is 15.0. The molecule has 0 saturated heterocycles. The summed E-state index contributed by atoms with van der Waals surface area (Å²) >= 11 is 0. The van der Waals surface area contributed by atoms with E-state index in [1.165, 1.54) is 55.9 Å². The Morgan fingerprint density at radius 1 is 0.500 bits per heavy atom. The quantitative estimate of drug-likeness (QED) is 0.266. The van der Waals surface area contributed by atoms with E-state index in [0.29, 0.717) is 0 Å². The van der Waals surface area contributed by atoms with E-state index in [0.717, 1.165) is 13.1 Å². The van der Waals surface area contributed by atoms with Crippen LogP contribution in [0.15, 0.2) is 109 Å². The van der Waals surface area contributed by atoms with Gasteiger partial charge in [0, 0.05) is 35.4 Å². The molecule has 0 bridgehead atoms. The first-order valence-electron chi connectivity index (χ1n) is 11.9. The summed E-state index contributed by atoms with van der Waals surface area (Å²) in [4.78, 5) is 0. The van der Waals surface area contributed by atoms with Crippen molar-refractivity contribution in [2.24, 2.45) is 0 Å². The van der Waals surface area contributed by atoms with Gasteiger partial charge in [-0.1, -0.05) is 65.7 Å². The van der Waals surface area contributed by atoms with Crippen molar-refractivity contribution in [1.82, 2.24) is 0 Å². The second-order valence-electron chi connectivity index (χ2n) is 9.33. The van der Waals surface area contributed by atoms with E-state index in [2.05, 4.69) is 132 Å². The Balaban J connectivity index is 1.61. The molecule has 0 amide bonds. The van der Waals surface area contributed by atoms with Crippen LogP contribution in [0, 0.1) is 13.8 Å². The molecule has 0 unspecified atom stereocenters. The molecule has 6 rings (SSSR count). The standard InChI is InChI=1S/C32H28N2/c1-23-17-24(2)19-28(18-23)25-14-16-34-22-26-9-3-5-11-29(26)31-13-7-8-15-33(31)21-27-10-4-6-12-30(27)32(34)20-25/h3-20H,21-22H2,1-2H3/q+2. The molecule has 0 aliphatic carbocycles. The molecule has 0 saturated carbocycles. The summed E-state index contributed by atoms with van der Waals surface area (Å²) in [7, 11) is 0. The summed E-state index contributed by atoms with van der Waals surface area (Å²) in [5, 5.41) is 0. The molecule has 1 aliphatic heterocycles. The molecule has 3 heterocycles. The molecule has 34 heavy (non-hydrogen) atoms. The first kappa shape index (κ1) is 20.6. The Morgan fingerprint density at radius 3 is 1.79 bits per heavy atom. The lowest BCUT2D eigenvalue weighted by Gasteiger charge is -2.15. The van der Waals surface area contributed by atoms with Gasteiger partial charge in [-0.3, -0.25) is 0 Å². The third kappa shape index (κ3) is 3.72. The third-order valence-electron chi connectivity index (χ3n) is 6.80. The van der Waals surface area contributed by atoms with Gasteiger partial charge in [-0.05, 0) is 43.2 Å². The van der Waals surface area contributed by atoms with Crippen molar-refractivity contribution in [3.8, 4) is 33.6 Å². The predicted octanol–water partition coefficient (Wildman–Crippen LogP) is 6.29. The Kier molecular flexibility index (Phi) is 5.07. The Hall–Kier alpha value is -4.04. The molecule has 2 nitrogen and oxygen atoms in total. The molecule has 2 aromatic heterocycles.